The van der Waals surface area contributed by atoms with E-state index in [2.05, 4.69) is 23.1 Å². The maximum Gasteiger partial charge on any atom is 0.298 e. The Labute approximate surface area is 153 Å². The van der Waals surface area contributed by atoms with E-state index in [1.165, 1.54) is 0 Å². The number of rotatable bonds is 4. The highest BCUT2D eigenvalue weighted by molar-refractivity contribution is 5.99. The quantitative estimate of drug-likeness (QED) is 0.734. The lowest BCUT2D eigenvalue weighted by Crippen LogP contribution is -2.44. The van der Waals surface area contributed by atoms with Crippen molar-refractivity contribution in [2.24, 2.45) is 5.73 Å². The maximum atomic E-state index is 11.8. The van der Waals surface area contributed by atoms with Crippen molar-refractivity contribution in [2.75, 3.05) is 18.4 Å². The van der Waals surface area contributed by atoms with Crippen molar-refractivity contribution in [1.82, 2.24) is 9.88 Å². The van der Waals surface area contributed by atoms with Crippen LogP contribution in [0.2, 0.25) is 0 Å². The average molecular weight is 352 g/mol. The number of benzene rings is 1. The van der Waals surface area contributed by atoms with Crippen LogP contribution in [0.1, 0.15) is 29.7 Å². The van der Waals surface area contributed by atoms with Gasteiger partial charge >= 0.3 is 0 Å². The smallest absolute Gasteiger partial charge is 0.298 e. The topological polar surface area (TPSA) is 91.2 Å². The molecule has 1 fully saturated rings. The van der Waals surface area contributed by atoms with E-state index < -0.39 is 0 Å². The number of amides is 2. The third-order valence-corrected chi connectivity index (χ3v) is 5.10. The van der Waals surface area contributed by atoms with E-state index in [-0.39, 0.29) is 24.3 Å². The predicted octanol–water partition coefficient (Wildman–Crippen LogP) is 1.85. The van der Waals surface area contributed by atoms with Crippen molar-refractivity contribution in [3.63, 3.8) is 0 Å². The predicted molar refractivity (Wildman–Crippen MR) is 103 cm³/mol. The zero-order valence-electron chi connectivity index (χ0n) is 15.2. The molecule has 1 saturated heterocycles. The molecule has 1 aliphatic heterocycles. The van der Waals surface area contributed by atoms with Gasteiger partial charge in [0.05, 0.1) is 11.9 Å². The number of nitrogens with zero attached hydrogens (tertiary/aromatic N) is 1. The van der Waals surface area contributed by atoms with Crippen molar-refractivity contribution in [1.29, 1.82) is 0 Å². The molecule has 26 heavy (non-hydrogen) atoms. The Balaban J connectivity index is 1.92. The number of aryl methyl sites for hydroxylation is 2. The Hall–Kier alpha value is -2.94. The first-order valence-corrected chi connectivity index (χ1v) is 8.81. The summed E-state index contributed by atoms with van der Waals surface area (Å²) in [7, 11) is 0. The third-order valence-electron chi connectivity index (χ3n) is 5.10. The second-order valence-electron chi connectivity index (χ2n) is 6.92. The SMILES string of the molecule is C#CC(=O)N1CCCC(Nc2ccc(CC(N)=O)c3[nH]c(C)c(C)c23)C1. The molecular weight excluding hydrogens is 328 g/mol. The third kappa shape index (κ3) is 3.38. The molecule has 6 nitrogen and oxygen atoms in total. The van der Waals surface area contributed by atoms with Crippen molar-refractivity contribution in [3.8, 4) is 12.3 Å². The number of hydrogen-bond donors (Lipinski definition) is 3. The second-order valence-corrected chi connectivity index (χ2v) is 6.92. The number of H-pyrrole nitrogens is 1. The Morgan fingerprint density at radius 3 is 2.88 bits per heavy atom. The van der Waals surface area contributed by atoms with Gasteiger partial charge in [0.1, 0.15) is 0 Å². The molecule has 2 aromatic rings. The summed E-state index contributed by atoms with van der Waals surface area (Å²) in [5, 5.41) is 4.64. The number of likely N-dealkylation sites (tertiary alicyclic amines) is 1. The molecule has 1 atom stereocenters. The van der Waals surface area contributed by atoms with Crippen molar-refractivity contribution in [3.05, 3.63) is 29.0 Å². The summed E-state index contributed by atoms with van der Waals surface area (Å²) >= 11 is 0. The van der Waals surface area contributed by atoms with Crippen molar-refractivity contribution >= 4 is 28.4 Å². The van der Waals surface area contributed by atoms with E-state index in [9.17, 15) is 9.59 Å². The zero-order chi connectivity index (χ0) is 18.8. The Morgan fingerprint density at radius 1 is 1.42 bits per heavy atom. The van der Waals surface area contributed by atoms with Crippen LogP contribution in [0.5, 0.6) is 0 Å². The highest BCUT2D eigenvalue weighted by atomic mass is 16.2. The largest absolute Gasteiger partial charge is 0.380 e. The van der Waals surface area contributed by atoms with E-state index >= 15 is 0 Å². The lowest BCUT2D eigenvalue weighted by atomic mass is 10.0. The average Bonchev–Trinajstić information content (AvgIpc) is 2.92. The number of nitrogens with two attached hydrogens (primary N) is 1. The molecule has 0 radical (unpaired) electrons. The van der Waals surface area contributed by atoms with Crippen LogP contribution in [0.4, 0.5) is 5.69 Å². The standard InChI is InChI=1S/C20H24N4O2/c1-4-18(26)24-9-5-6-15(11-24)23-16-8-7-14(10-17(21)25)20-19(16)12(2)13(3)22-20/h1,7-8,15,22-23H,5-6,9-11H2,2-3H3,(H2,21,25). The molecule has 0 aliphatic carbocycles. The van der Waals surface area contributed by atoms with Gasteiger partial charge < -0.3 is 20.9 Å². The number of hydrogen-bond acceptors (Lipinski definition) is 3. The van der Waals surface area contributed by atoms with E-state index in [0.717, 1.165) is 46.3 Å². The van der Waals surface area contributed by atoms with Crippen LogP contribution < -0.4 is 11.1 Å². The van der Waals surface area contributed by atoms with Gasteiger partial charge in [-0.15, -0.1) is 6.42 Å². The highest BCUT2D eigenvalue weighted by Crippen LogP contribution is 2.32. The van der Waals surface area contributed by atoms with Crippen LogP contribution in [0.3, 0.4) is 0 Å². The van der Waals surface area contributed by atoms with Crippen LogP contribution in [-0.4, -0.2) is 40.8 Å². The molecule has 4 N–H and O–H groups in total. The summed E-state index contributed by atoms with van der Waals surface area (Å²) in [6.07, 6.45) is 7.34. The summed E-state index contributed by atoms with van der Waals surface area (Å²) in [6.45, 7) is 5.37. The molecule has 1 aromatic carbocycles. The van der Waals surface area contributed by atoms with Crippen LogP contribution in [-0.2, 0) is 16.0 Å². The molecular formula is C20H24N4O2. The van der Waals surface area contributed by atoms with E-state index in [1.807, 2.05) is 19.1 Å². The van der Waals surface area contributed by atoms with Crippen molar-refractivity contribution < 1.29 is 9.59 Å². The van der Waals surface area contributed by atoms with Crippen LogP contribution >= 0.6 is 0 Å². The fourth-order valence-electron chi connectivity index (χ4n) is 3.69. The molecule has 1 aliphatic rings. The molecule has 0 saturated carbocycles. The first kappa shape index (κ1) is 17.9. The zero-order valence-corrected chi connectivity index (χ0v) is 15.2. The lowest BCUT2D eigenvalue weighted by molar-refractivity contribution is -0.126. The number of aromatic amines is 1. The summed E-state index contributed by atoms with van der Waals surface area (Å²) < 4.78 is 0. The van der Waals surface area contributed by atoms with Gasteiger partial charge in [-0.2, -0.15) is 0 Å². The maximum absolute atomic E-state index is 11.8. The number of primary amides is 1. The molecule has 3 rings (SSSR count). The number of carbonyl (C=O) groups is 2. The summed E-state index contributed by atoms with van der Waals surface area (Å²) in [4.78, 5) is 28.3. The van der Waals surface area contributed by atoms with Gasteiger partial charge in [-0.3, -0.25) is 9.59 Å². The van der Waals surface area contributed by atoms with Gasteiger partial charge in [-0.05, 0) is 49.8 Å². The Kier molecular flexibility index (Phi) is 4.90. The van der Waals surface area contributed by atoms with E-state index in [1.54, 1.807) is 4.90 Å². The molecule has 0 bridgehead atoms. The molecule has 2 amide bonds. The number of aromatic nitrogens is 1. The minimum atomic E-state index is -0.354. The van der Waals surface area contributed by atoms with Gasteiger partial charge in [0.25, 0.3) is 5.91 Å². The number of anilines is 1. The Morgan fingerprint density at radius 2 is 2.19 bits per heavy atom. The van der Waals surface area contributed by atoms with Gasteiger partial charge in [0.15, 0.2) is 0 Å². The minimum absolute atomic E-state index is 0.140. The van der Waals surface area contributed by atoms with Gasteiger partial charge in [-0.1, -0.05) is 6.07 Å². The highest BCUT2D eigenvalue weighted by Gasteiger charge is 2.24. The first-order valence-electron chi connectivity index (χ1n) is 8.81. The molecule has 1 unspecified atom stereocenters. The van der Waals surface area contributed by atoms with Gasteiger partial charge in [0, 0.05) is 35.9 Å². The number of piperidine rings is 1. The molecule has 0 spiro atoms. The van der Waals surface area contributed by atoms with Crippen molar-refractivity contribution in [2.45, 2.75) is 39.2 Å². The first-order chi connectivity index (χ1) is 12.4. The number of carbonyl (C=O) groups excluding carboxylic acids is 2. The number of terminal acetylenes is 1. The minimum Gasteiger partial charge on any atom is -0.380 e. The van der Waals surface area contributed by atoms with Crippen LogP contribution in [0.25, 0.3) is 10.9 Å². The number of fused-ring (bicyclic) bond motifs is 1. The second kappa shape index (κ2) is 7.12. The summed E-state index contributed by atoms with van der Waals surface area (Å²) in [5.41, 5.74) is 10.4. The van der Waals surface area contributed by atoms with Gasteiger partial charge in [0.2, 0.25) is 5.91 Å². The normalized spacial score (nSPS) is 17.1. The summed E-state index contributed by atoms with van der Waals surface area (Å²) in [6, 6.07) is 4.06. The van der Waals surface area contributed by atoms with Crippen LogP contribution in [0.15, 0.2) is 12.1 Å². The molecule has 1 aromatic heterocycles. The summed E-state index contributed by atoms with van der Waals surface area (Å²) in [5.74, 6) is 1.59. The fourth-order valence-corrected chi connectivity index (χ4v) is 3.69. The van der Waals surface area contributed by atoms with E-state index in [0.29, 0.717) is 13.1 Å². The lowest BCUT2D eigenvalue weighted by Gasteiger charge is -2.32. The van der Waals surface area contributed by atoms with Gasteiger partial charge in [-0.25, -0.2) is 0 Å². The molecule has 136 valence electrons. The van der Waals surface area contributed by atoms with E-state index in [4.69, 9.17) is 12.2 Å². The number of nitrogens with one attached hydrogen (secondary N) is 2. The molecule has 6 heteroatoms. The fraction of sp³-hybridized carbons (Fsp3) is 0.400. The molecule has 2 heterocycles. The monoisotopic (exact) mass is 352 g/mol. The van der Waals surface area contributed by atoms with Crippen LogP contribution in [0, 0.1) is 26.2 Å². The Bertz CT molecular complexity index is 907.